The van der Waals surface area contributed by atoms with Crippen LogP contribution < -0.4 is 0 Å². The molecule has 5 heteroatoms. The molecular weight excluding hydrogens is 278 g/mol. The van der Waals surface area contributed by atoms with E-state index in [2.05, 4.69) is 17.2 Å². The molecule has 22 heavy (non-hydrogen) atoms. The Hall–Kier alpha value is -1.39. The van der Waals surface area contributed by atoms with E-state index in [-0.39, 0.29) is 5.97 Å². The van der Waals surface area contributed by atoms with Gasteiger partial charge in [0.1, 0.15) is 0 Å². The van der Waals surface area contributed by atoms with Crippen molar-refractivity contribution in [3.63, 3.8) is 0 Å². The Morgan fingerprint density at radius 2 is 1.77 bits per heavy atom. The molecule has 0 bridgehead atoms. The van der Waals surface area contributed by atoms with Gasteiger partial charge in [0.25, 0.3) is 0 Å². The molecule has 0 aliphatic heterocycles. The van der Waals surface area contributed by atoms with Gasteiger partial charge in [0.2, 0.25) is 0 Å². The van der Waals surface area contributed by atoms with Crippen LogP contribution >= 0.6 is 0 Å². The van der Waals surface area contributed by atoms with E-state index < -0.39 is 0 Å². The zero-order chi connectivity index (χ0) is 16.0. The fourth-order valence-corrected chi connectivity index (χ4v) is 2.44. The lowest BCUT2D eigenvalue weighted by atomic mass is 10.1. The third kappa shape index (κ3) is 8.80. The van der Waals surface area contributed by atoms with Gasteiger partial charge < -0.3 is 4.74 Å². The van der Waals surface area contributed by atoms with E-state index in [1.807, 2.05) is 13.1 Å². The molecule has 0 saturated heterocycles. The number of hydrogen-bond donors (Lipinski definition) is 0. The molecule has 126 valence electrons. The number of aryl methyl sites for hydroxylation is 2. The van der Waals surface area contributed by atoms with Crippen molar-refractivity contribution in [1.29, 1.82) is 0 Å². The summed E-state index contributed by atoms with van der Waals surface area (Å²) in [5.74, 6) is -0.178. The summed E-state index contributed by atoms with van der Waals surface area (Å²) in [4.78, 5) is 11.3. The zero-order valence-electron chi connectivity index (χ0n) is 14.2. The van der Waals surface area contributed by atoms with Gasteiger partial charge in [0.05, 0.1) is 25.3 Å². The van der Waals surface area contributed by atoms with Gasteiger partial charge >= 0.3 is 5.97 Å². The van der Waals surface area contributed by atoms with E-state index in [9.17, 15) is 4.79 Å². The third-order valence-electron chi connectivity index (χ3n) is 3.72. The Bertz CT molecular complexity index is 404. The standard InChI is InChI=1S/C17H31N3O2/c1-3-5-6-7-8-9-10-11-12-16-15-20(19-18-16)14-13-17(21)22-4-2/h15H,3-14H2,1-2H3. The SMILES string of the molecule is CCCCCCCCCCc1cn(CCC(=O)OCC)nn1. The Kier molecular flexibility index (Phi) is 10.3. The van der Waals surface area contributed by atoms with Crippen LogP contribution in [0.25, 0.3) is 0 Å². The molecule has 0 N–H and O–H groups in total. The minimum atomic E-state index is -0.178. The van der Waals surface area contributed by atoms with Crippen molar-refractivity contribution in [3.05, 3.63) is 11.9 Å². The molecular formula is C17H31N3O2. The number of unbranched alkanes of at least 4 members (excludes halogenated alkanes) is 7. The minimum absolute atomic E-state index is 0.178. The van der Waals surface area contributed by atoms with Gasteiger partial charge in [0.15, 0.2) is 0 Å². The number of hydrogen-bond acceptors (Lipinski definition) is 4. The van der Waals surface area contributed by atoms with E-state index in [4.69, 9.17) is 4.74 Å². The van der Waals surface area contributed by atoms with Crippen molar-refractivity contribution in [2.24, 2.45) is 0 Å². The molecule has 0 amide bonds. The summed E-state index contributed by atoms with van der Waals surface area (Å²) in [6.07, 6.45) is 13.8. The van der Waals surface area contributed by atoms with Crippen LogP contribution in [0, 0.1) is 0 Å². The van der Waals surface area contributed by atoms with Gasteiger partial charge in [-0.1, -0.05) is 57.1 Å². The first-order valence-corrected chi connectivity index (χ1v) is 8.80. The van der Waals surface area contributed by atoms with Crippen LogP contribution in [0.4, 0.5) is 0 Å². The van der Waals surface area contributed by atoms with Gasteiger partial charge in [-0.3, -0.25) is 9.48 Å². The van der Waals surface area contributed by atoms with E-state index in [1.165, 1.54) is 51.4 Å². The second-order valence-electron chi connectivity index (χ2n) is 5.75. The number of nitrogens with zero attached hydrogens (tertiary/aromatic N) is 3. The highest BCUT2D eigenvalue weighted by Crippen LogP contribution is 2.10. The van der Waals surface area contributed by atoms with Crippen LogP contribution in [0.5, 0.6) is 0 Å². The van der Waals surface area contributed by atoms with Gasteiger partial charge in [-0.15, -0.1) is 5.10 Å². The lowest BCUT2D eigenvalue weighted by molar-refractivity contribution is -0.143. The monoisotopic (exact) mass is 309 g/mol. The van der Waals surface area contributed by atoms with Crippen molar-refractivity contribution in [1.82, 2.24) is 15.0 Å². The van der Waals surface area contributed by atoms with Gasteiger partial charge in [-0.05, 0) is 19.8 Å². The smallest absolute Gasteiger partial charge is 0.307 e. The molecule has 0 radical (unpaired) electrons. The summed E-state index contributed by atoms with van der Waals surface area (Å²) >= 11 is 0. The van der Waals surface area contributed by atoms with Crippen LogP contribution in [0.3, 0.4) is 0 Å². The van der Waals surface area contributed by atoms with Gasteiger partial charge in [0, 0.05) is 6.20 Å². The summed E-state index contributed by atoms with van der Waals surface area (Å²) in [5, 5.41) is 8.22. The van der Waals surface area contributed by atoms with Gasteiger partial charge in [-0.2, -0.15) is 0 Å². The fourth-order valence-electron chi connectivity index (χ4n) is 2.44. The maximum absolute atomic E-state index is 11.3. The summed E-state index contributed by atoms with van der Waals surface area (Å²) in [7, 11) is 0. The second kappa shape index (κ2) is 12.2. The highest BCUT2D eigenvalue weighted by molar-refractivity contribution is 5.69. The van der Waals surface area contributed by atoms with Crippen molar-refractivity contribution in [3.8, 4) is 0 Å². The molecule has 1 aromatic heterocycles. The zero-order valence-corrected chi connectivity index (χ0v) is 14.2. The largest absolute Gasteiger partial charge is 0.466 e. The molecule has 0 spiro atoms. The number of esters is 1. The molecule has 0 aromatic carbocycles. The Balaban J connectivity index is 2.06. The lowest BCUT2D eigenvalue weighted by Gasteiger charge is -2.01. The lowest BCUT2D eigenvalue weighted by Crippen LogP contribution is -2.09. The quantitative estimate of drug-likeness (QED) is 0.409. The molecule has 0 unspecified atom stereocenters. The predicted octanol–water partition coefficient (Wildman–Crippen LogP) is 3.91. The molecule has 0 saturated carbocycles. The summed E-state index contributed by atoms with van der Waals surface area (Å²) in [6, 6.07) is 0. The topological polar surface area (TPSA) is 57.0 Å². The Morgan fingerprint density at radius 3 is 2.45 bits per heavy atom. The molecule has 1 rings (SSSR count). The van der Waals surface area contributed by atoms with Crippen molar-refractivity contribution >= 4 is 5.97 Å². The van der Waals surface area contributed by atoms with Crippen LogP contribution in [0.2, 0.25) is 0 Å². The maximum Gasteiger partial charge on any atom is 0.307 e. The van der Waals surface area contributed by atoms with Crippen LogP contribution in [0.15, 0.2) is 6.20 Å². The highest BCUT2D eigenvalue weighted by Gasteiger charge is 2.05. The predicted molar refractivity (Wildman–Crippen MR) is 87.6 cm³/mol. The average molecular weight is 309 g/mol. The number of aromatic nitrogens is 3. The highest BCUT2D eigenvalue weighted by atomic mass is 16.5. The molecule has 1 aromatic rings. The first kappa shape index (κ1) is 18.7. The van der Waals surface area contributed by atoms with E-state index >= 15 is 0 Å². The molecule has 0 aliphatic rings. The average Bonchev–Trinajstić information content (AvgIpc) is 2.96. The molecule has 1 heterocycles. The summed E-state index contributed by atoms with van der Waals surface area (Å²) < 4.78 is 6.63. The second-order valence-corrected chi connectivity index (χ2v) is 5.75. The summed E-state index contributed by atoms with van der Waals surface area (Å²) in [6.45, 7) is 5.04. The van der Waals surface area contributed by atoms with Crippen LogP contribution in [-0.4, -0.2) is 27.6 Å². The summed E-state index contributed by atoms with van der Waals surface area (Å²) in [5.41, 5.74) is 1.02. The van der Waals surface area contributed by atoms with Crippen LogP contribution in [-0.2, 0) is 22.5 Å². The van der Waals surface area contributed by atoms with E-state index in [0.29, 0.717) is 19.6 Å². The number of carbonyl (C=O) groups is 1. The molecule has 5 nitrogen and oxygen atoms in total. The van der Waals surface area contributed by atoms with Crippen molar-refractivity contribution in [2.75, 3.05) is 6.61 Å². The third-order valence-corrected chi connectivity index (χ3v) is 3.72. The maximum atomic E-state index is 11.3. The molecule has 0 atom stereocenters. The number of rotatable bonds is 13. The fraction of sp³-hybridized carbons (Fsp3) is 0.824. The van der Waals surface area contributed by atoms with Crippen LogP contribution in [0.1, 0.15) is 77.3 Å². The van der Waals surface area contributed by atoms with Gasteiger partial charge in [-0.25, -0.2) is 0 Å². The number of ether oxygens (including phenoxy) is 1. The molecule has 0 fully saturated rings. The Morgan fingerprint density at radius 1 is 1.09 bits per heavy atom. The molecule has 0 aliphatic carbocycles. The number of carbonyl (C=O) groups excluding carboxylic acids is 1. The minimum Gasteiger partial charge on any atom is -0.466 e. The van der Waals surface area contributed by atoms with E-state index in [1.54, 1.807) is 4.68 Å². The van der Waals surface area contributed by atoms with E-state index in [0.717, 1.165) is 12.1 Å². The van der Waals surface area contributed by atoms with Crippen molar-refractivity contribution in [2.45, 2.75) is 84.6 Å². The first-order valence-electron chi connectivity index (χ1n) is 8.80. The first-order chi connectivity index (χ1) is 10.8. The van der Waals surface area contributed by atoms with Crippen molar-refractivity contribution < 1.29 is 9.53 Å². The Labute approximate surface area is 134 Å². The normalized spacial score (nSPS) is 10.8.